The van der Waals surface area contributed by atoms with E-state index in [1.165, 1.54) is 38.5 Å². The summed E-state index contributed by atoms with van der Waals surface area (Å²) in [6, 6.07) is 10.9. The van der Waals surface area contributed by atoms with Crippen LogP contribution < -0.4 is 24.3 Å². The number of aromatic hydroxyl groups is 1. The van der Waals surface area contributed by atoms with Crippen molar-refractivity contribution in [3.63, 3.8) is 0 Å². The lowest BCUT2D eigenvalue weighted by Gasteiger charge is -2.39. The zero-order valence-electron chi connectivity index (χ0n) is 23.2. The van der Waals surface area contributed by atoms with Crippen molar-refractivity contribution >= 4 is 11.9 Å². The standard InChI is InChI=1S/C30H24F3N3O8/c1-40-21-7-14(8-22(41-2)26(21)37)23-16-9-19-20(44-12-43-19)10-17(16)25(18-11-42-28(39)24(18)23)34-27(38)13-3-5-15(6-4-13)29(35-36-29)30(31,32)33/h3-10,18,23-25,37H,11-12H2,1-2H3,(H,34,38)/t18-,23+,24-,25+/m0/s1. The fourth-order valence-corrected chi connectivity index (χ4v) is 6.36. The SMILES string of the molecule is COc1cc([C@@H]2c3cc4c(cc3[C@@H](NC(=O)c3ccc(C5(C(F)(F)F)N=N5)cc3)[C@H]3COC(=O)[C@H]23)OCO4)cc(OC)c1O. The van der Waals surface area contributed by atoms with Gasteiger partial charge in [0.05, 0.1) is 32.8 Å². The van der Waals surface area contributed by atoms with Crippen molar-refractivity contribution in [1.82, 2.24) is 5.32 Å². The Labute approximate surface area is 247 Å². The highest BCUT2D eigenvalue weighted by molar-refractivity contribution is 5.95. The minimum Gasteiger partial charge on any atom is -0.502 e. The van der Waals surface area contributed by atoms with E-state index in [9.17, 15) is 27.9 Å². The first-order chi connectivity index (χ1) is 21.1. The molecular formula is C30H24F3N3O8. The molecule has 228 valence electrons. The quantitative estimate of drug-likeness (QED) is 0.382. The number of hydrogen-bond acceptors (Lipinski definition) is 10. The molecule has 1 aliphatic carbocycles. The van der Waals surface area contributed by atoms with Crippen molar-refractivity contribution in [3.05, 3.63) is 76.3 Å². The molecule has 7 rings (SSSR count). The number of nitrogens with one attached hydrogen (secondary N) is 1. The van der Waals surface area contributed by atoms with E-state index in [-0.39, 0.29) is 41.8 Å². The van der Waals surface area contributed by atoms with E-state index in [0.717, 1.165) is 0 Å². The summed E-state index contributed by atoms with van der Waals surface area (Å²) in [5, 5.41) is 19.9. The zero-order chi connectivity index (χ0) is 31.0. The molecule has 0 unspecified atom stereocenters. The third kappa shape index (κ3) is 4.11. The molecule has 0 saturated carbocycles. The van der Waals surface area contributed by atoms with E-state index in [1.807, 2.05) is 0 Å². The normalized spacial score (nSPS) is 23.8. The molecule has 0 aromatic heterocycles. The smallest absolute Gasteiger partial charge is 0.442 e. The average Bonchev–Trinajstić information content (AvgIpc) is 3.59. The van der Waals surface area contributed by atoms with Crippen LogP contribution in [0.5, 0.6) is 28.7 Å². The van der Waals surface area contributed by atoms with Gasteiger partial charge in [0.1, 0.15) is 0 Å². The highest BCUT2D eigenvalue weighted by Gasteiger charge is 2.65. The number of hydrogen-bond donors (Lipinski definition) is 2. The Kier molecular flexibility index (Phi) is 6.16. The van der Waals surface area contributed by atoms with Gasteiger partial charge >= 0.3 is 17.8 Å². The van der Waals surface area contributed by atoms with Crippen LogP contribution in [0.15, 0.2) is 58.8 Å². The number of alkyl halides is 3. The number of benzene rings is 3. The first kappa shape index (κ1) is 27.8. The molecule has 1 saturated heterocycles. The van der Waals surface area contributed by atoms with Gasteiger partial charge in [-0.3, -0.25) is 9.59 Å². The lowest BCUT2D eigenvalue weighted by atomic mass is 9.65. The molecule has 3 aliphatic heterocycles. The van der Waals surface area contributed by atoms with Gasteiger partial charge in [0.25, 0.3) is 5.91 Å². The summed E-state index contributed by atoms with van der Waals surface area (Å²) < 4.78 is 67.9. The van der Waals surface area contributed by atoms with E-state index in [2.05, 4.69) is 15.5 Å². The molecule has 11 nitrogen and oxygen atoms in total. The largest absolute Gasteiger partial charge is 0.502 e. The second-order valence-electron chi connectivity index (χ2n) is 10.8. The first-order valence-electron chi connectivity index (χ1n) is 13.5. The molecule has 3 aromatic rings. The van der Waals surface area contributed by atoms with Crippen LogP contribution in [0.1, 0.15) is 44.6 Å². The molecule has 3 heterocycles. The molecule has 4 aliphatic rings. The Balaban J connectivity index is 1.29. The zero-order valence-corrected chi connectivity index (χ0v) is 23.2. The number of phenols is 1. The van der Waals surface area contributed by atoms with Crippen LogP contribution in [0.3, 0.4) is 0 Å². The molecule has 0 spiro atoms. The fourth-order valence-electron chi connectivity index (χ4n) is 6.36. The third-order valence-corrected chi connectivity index (χ3v) is 8.58. The summed E-state index contributed by atoms with van der Waals surface area (Å²) >= 11 is 0. The predicted octanol–water partition coefficient (Wildman–Crippen LogP) is 4.72. The highest BCUT2D eigenvalue weighted by Crippen LogP contribution is 2.56. The number of carbonyl (C=O) groups is 2. The fraction of sp³-hybridized carbons (Fsp3) is 0.333. The summed E-state index contributed by atoms with van der Waals surface area (Å²) in [7, 11) is 2.79. The van der Waals surface area contributed by atoms with Gasteiger partial charge in [-0.2, -0.15) is 13.2 Å². The first-order valence-corrected chi connectivity index (χ1v) is 13.5. The summed E-state index contributed by atoms with van der Waals surface area (Å²) in [6.07, 6.45) is -4.69. The number of esters is 1. The number of halogens is 3. The van der Waals surface area contributed by atoms with Gasteiger partial charge in [0.15, 0.2) is 23.0 Å². The molecule has 2 N–H and O–H groups in total. The van der Waals surface area contributed by atoms with Crippen molar-refractivity contribution in [3.8, 4) is 28.7 Å². The topological polar surface area (TPSA) is 137 Å². The maximum absolute atomic E-state index is 13.5. The number of fused-ring (bicyclic) bond motifs is 3. The van der Waals surface area contributed by atoms with Crippen molar-refractivity contribution in [2.45, 2.75) is 23.8 Å². The van der Waals surface area contributed by atoms with Crippen molar-refractivity contribution in [2.75, 3.05) is 27.6 Å². The molecule has 14 heteroatoms. The number of amides is 1. The predicted molar refractivity (Wildman–Crippen MR) is 143 cm³/mol. The average molecular weight is 612 g/mol. The number of phenolic OH excluding ortho intramolecular Hbond substituents is 1. The van der Waals surface area contributed by atoms with Crippen LogP contribution in [0.2, 0.25) is 0 Å². The number of nitrogens with zero attached hydrogens (tertiary/aromatic N) is 2. The van der Waals surface area contributed by atoms with Crippen molar-refractivity contribution in [2.24, 2.45) is 22.1 Å². The number of rotatable bonds is 6. The lowest BCUT2D eigenvalue weighted by Crippen LogP contribution is -2.42. The molecular weight excluding hydrogens is 587 g/mol. The Hall–Kier alpha value is -5.01. The maximum Gasteiger partial charge on any atom is 0.442 e. The molecule has 3 aromatic carbocycles. The second kappa shape index (κ2) is 9.76. The van der Waals surface area contributed by atoms with E-state index < -0.39 is 47.5 Å². The van der Waals surface area contributed by atoms with Crippen LogP contribution in [-0.4, -0.2) is 50.8 Å². The molecule has 0 bridgehead atoms. The monoisotopic (exact) mass is 611 g/mol. The number of carbonyl (C=O) groups excluding carboxylic acids is 2. The molecule has 1 amide bonds. The number of cyclic esters (lactones) is 1. The Morgan fingerprint density at radius 3 is 2.16 bits per heavy atom. The van der Waals surface area contributed by atoms with Crippen LogP contribution in [-0.2, 0) is 15.2 Å². The van der Waals surface area contributed by atoms with Crippen LogP contribution in [0.4, 0.5) is 13.2 Å². The molecule has 0 radical (unpaired) electrons. The Morgan fingerprint density at radius 2 is 1.59 bits per heavy atom. The lowest BCUT2D eigenvalue weighted by molar-refractivity contribution is -0.166. The van der Waals surface area contributed by atoms with Crippen molar-refractivity contribution < 1.29 is 51.6 Å². The Bertz CT molecular complexity index is 1690. The minimum absolute atomic E-state index is 0.00122. The van der Waals surface area contributed by atoms with Gasteiger partial charge in [-0.1, -0.05) is 12.1 Å². The summed E-state index contributed by atoms with van der Waals surface area (Å²) in [4.78, 5) is 26.9. The molecule has 4 atom stereocenters. The van der Waals surface area contributed by atoms with Gasteiger partial charge in [-0.25, -0.2) is 0 Å². The van der Waals surface area contributed by atoms with Crippen LogP contribution in [0, 0.1) is 11.8 Å². The van der Waals surface area contributed by atoms with Gasteiger partial charge in [0.2, 0.25) is 12.5 Å². The second-order valence-corrected chi connectivity index (χ2v) is 10.8. The molecule has 44 heavy (non-hydrogen) atoms. The van der Waals surface area contributed by atoms with Gasteiger partial charge < -0.3 is 34.1 Å². The van der Waals surface area contributed by atoms with E-state index in [4.69, 9.17) is 23.7 Å². The number of methoxy groups -OCH3 is 2. The van der Waals surface area contributed by atoms with Crippen LogP contribution >= 0.6 is 0 Å². The summed E-state index contributed by atoms with van der Waals surface area (Å²) in [5.41, 5.74) is -0.813. The van der Waals surface area contributed by atoms with Crippen LogP contribution in [0.25, 0.3) is 0 Å². The minimum atomic E-state index is -4.69. The molecule has 1 fully saturated rings. The van der Waals surface area contributed by atoms with Gasteiger partial charge in [0, 0.05) is 23.0 Å². The van der Waals surface area contributed by atoms with E-state index >= 15 is 0 Å². The highest BCUT2D eigenvalue weighted by atomic mass is 19.4. The summed E-state index contributed by atoms with van der Waals surface area (Å²) in [6.45, 7) is -0.0127. The Morgan fingerprint density at radius 1 is 0.977 bits per heavy atom. The van der Waals surface area contributed by atoms with Gasteiger partial charge in [-0.15, -0.1) is 10.2 Å². The van der Waals surface area contributed by atoms with E-state index in [1.54, 1.807) is 24.3 Å². The van der Waals surface area contributed by atoms with Gasteiger partial charge in [-0.05, 0) is 53.1 Å². The van der Waals surface area contributed by atoms with Crippen molar-refractivity contribution in [1.29, 1.82) is 0 Å². The number of ether oxygens (including phenoxy) is 5. The summed E-state index contributed by atoms with van der Waals surface area (Å²) in [5.74, 6) is -1.98. The van der Waals surface area contributed by atoms with E-state index in [0.29, 0.717) is 28.2 Å². The maximum atomic E-state index is 13.5. The third-order valence-electron chi connectivity index (χ3n) is 8.58.